The first kappa shape index (κ1) is 13.4. The molecule has 1 aliphatic heterocycles. The van der Waals surface area contributed by atoms with Gasteiger partial charge in [0, 0.05) is 45.0 Å². The van der Waals surface area contributed by atoms with Gasteiger partial charge in [-0.05, 0) is 26.0 Å². The fourth-order valence-corrected chi connectivity index (χ4v) is 2.93. The molecule has 2 aromatic heterocycles. The van der Waals surface area contributed by atoms with Crippen molar-refractivity contribution in [2.75, 3.05) is 31.1 Å². The van der Waals surface area contributed by atoms with Crippen molar-refractivity contribution >= 4 is 11.5 Å². The Hall–Kier alpha value is -1.59. The van der Waals surface area contributed by atoms with E-state index in [1.807, 2.05) is 24.4 Å². The third-order valence-corrected chi connectivity index (χ3v) is 4.15. The van der Waals surface area contributed by atoms with Crippen molar-refractivity contribution in [3.05, 3.63) is 30.1 Å². The van der Waals surface area contributed by atoms with Crippen LogP contribution in [0.1, 0.15) is 19.5 Å². The molecule has 0 spiro atoms. The van der Waals surface area contributed by atoms with Crippen molar-refractivity contribution in [1.29, 1.82) is 0 Å². The zero-order chi connectivity index (χ0) is 14.1. The summed E-state index contributed by atoms with van der Waals surface area (Å²) in [5.41, 5.74) is 8.04. The first-order chi connectivity index (χ1) is 9.70. The average Bonchev–Trinajstić information content (AvgIpc) is 2.85. The summed E-state index contributed by atoms with van der Waals surface area (Å²) in [7, 11) is 0. The maximum absolute atomic E-state index is 5.95. The Bertz CT molecular complexity index is 581. The molecule has 5 nitrogen and oxygen atoms in total. The van der Waals surface area contributed by atoms with Crippen molar-refractivity contribution in [1.82, 2.24) is 14.3 Å². The number of hydrogen-bond acceptors (Lipinski definition) is 4. The molecule has 0 bridgehead atoms. The van der Waals surface area contributed by atoms with E-state index in [1.54, 1.807) is 0 Å². The van der Waals surface area contributed by atoms with E-state index in [4.69, 9.17) is 10.7 Å². The van der Waals surface area contributed by atoms with Gasteiger partial charge in [-0.15, -0.1) is 0 Å². The molecule has 0 radical (unpaired) electrons. The molecular weight excluding hydrogens is 250 g/mol. The summed E-state index contributed by atoms with van der Waals surface area (Å²) in [6, 6.07) is 6.69. The molecule has 20 heavy (non-hydrogen) atoms. The largest absolute Gasteiger partial charge is 0.352 e. The van der Waals surface area contributed by atoms with Crippen molar-refractivity contribution in [3.63, 3.8) is 0 Å². The molecule has 2 aromatic rings. The van der Waals surface area contributed by atoms with E-state index in [-0.39, 0.29) is 0 Å². The van der Waals surface area contributed by atoms with Gasteiger partial charge >= 0.3 is 0 Å². The highest BCUT2D eigenvalue weighted by Gasteiger charge is 2.23. The maximum Gasteiger partial charge on any atom is 0.152 e. The van der Waals surface area contributed by atoms with Gasteiger partial charge in [-0.2, -0.15) is 0 Å². The van der Waals surface area contributed by atoms with Gasteiger partial charge in [-0.25, -0.2) is 4.98 Å². The lowest BCUT2D eigenvalue weighted by Gasteiger charge is -2.37. The minimum Gasteiger partial charge on any atom is -0.352 e. The molecule has 0 saturated carbocycles. The zero-order valence-electron chi connectivity index (χ0n) is 12.3. The van der Waals surface area contributed by atoms with Gasteiger partial charge in [0.15, 0.2) is 5.82 Å². The van der Waals surface area contributed by atoms with E-state index >= 15 is 0 Å². The van der Waals surface area contributed by atoms with E-state index in [1.165, 1.54) is 0 Å². The van der Waals surface area contributed by atoms with Gasteiger partial charge in [-0.1, -0.05) is 6.07 Å². The van der Waals surface area contributed by atoms with E-state index in [0.29, 0.717) is 12.6 Å². The standard InChI is InChI=1S/C15H23N5/c1-12(2)18-7-9-19(10-8-18)15-13(11-16)20-6-4-3-5-14(20)17-15/h3-6,12H,7-11,16H2,1-2H3. The molecule has 2 N–H and O–H groups in total. The molecule has 0 aliphatic carbocycles. The number of fused-ring (bicyclic) bond motifs is 1. The Balaban J connectivity index is 1.87. The van der Waals surface area contributed by atoms with Crippen LogP contribution in [-0.2, 0) is 6.54 Å². The maximum atomic E-state index is 5.95. The molecule has 3 rings (SSSR count). The van der Waals surface area contributed by atoms with E-state index in [2.05, 4.69) is 28.0 Å². The highest BCUT2D eigenvalue weighted by Crippen LogP contribution is 2.23. The van der Waals surface area contributed by atoms with Gasteiger partial charge < -0.3 is 15.0 Å². The molecule has 1 fully saturated rings. The van der Waals surface area contributed by atoms with Crippen LogP contribution in [-0.4, -0.2) is 46.5 Å². The van der Waals surface area contributed by atoms with E-state index < -0.39 is 0 Å². The monoisotopic (exact) mass is 273 g/mol. The van der Waals surface area contributed by atoms with Crippen LogP contribution in [0, 0.1) is 0 Å². The summed E-state index contributed by atoms with van der Waals surface area (Å²) < 4.78 is 2.10. The molecule has 0 atom stereocenters. The smallest absolute Gasteiger partial charge is 0.152 e. The fourth-order valence-electron chi connectivity index (χ4n) is 2.93. The number of nitrogens with zero attached hydrogens (tertiary/aromatic N) is 4. The number of aromatic nitrogens is 2. The normalized spacial score (nSPS) is 17.3. The third-order valence-electron chi connectivity index (χ3n) is 4.15. The number of pyridine rings is 1. The van der Waals surface area contributed by atoms with Crippen LogP contribution in [0.5, 0.6) is 0 Å². The van der Waals surface area contributed by atoms with Crippen molar-refractivity contribution < 1.29 is 0 Å². The number of hydrogen-bond donors (Lipinski definition) is 1. The van der Waals surface area contributed by atoms with Crippen LogP contribution in [0.2, 0.25) is 0 Å². The highest BCUT2D eigenvalue weighted by molar-refractivity contribution is 5.56. The quantitative estimate of drug-likeness (QED) is 0.916. The second-order valence-electron chi connectivity index (χ2n) is 5.63. The molecule has 0 aromatic carbocycles. The lowest BCUT2D eigenvalue weighted by molar-refractivity contribution is 0.209. The molecule has 5 heteroatoms. The number of piperazine rings is 1. The number of imidazole rings is 1. The highest BCUT2D eigenvalue weighted by atomic mass is 15.3. The minimum atomic E-state index is 0.519. The Kier molecular flexibility index (Phi) is 3.63. The number of anilines is 1. The predicted octanol–water partition coefficient (Wildman–Crippen LogP) is 1.32. The first-order valence-electron chi connectivity index (χ1n) is 7.35. The molecular formula is C15H23N5. The summed E-state index contributed by atoms with van der Waals surface area (Å²) in [5, 5.41) is 0. The van der Waals surface area contributed by atoms with Crippen LogP contribution in [0.15, 0.2) is 24.4 Å². The Morgan fingerprint density at radius 1 is 1.20 bits per heavy atom. The first-order valence-corrected chi connectivity index (χ1v) is 7.35. The fraction of sp³-hybridized carbons (Fsp3) is 0.533. The Morgan fingerprint density at radius 2 is 1.95 bits per heavy atom. The molecule has 1 saturated heterocycles. The van der Waals surface area contributed by atoms with Gasteiger partial charge in [0.25, 0.3) is 0 Å². The summed E-state index contributed by atoms with van der Waals surface area (Å²) >= 11 is 0. The van der Waals surface area contributed by atoms with Gasteiger partial charge in [0.05, 0.1) is 5.69 Å². The van der Waals surface area contributed by atoms with Gasteiger partial charge in [0.1, 0.15) is 5.65 Å². The minimum absolute atomic E-state index is 0.519. The van der Waals surface area contributed by atoms with Gasteiger partial charge in [-0.3, -0.25) is 4.90 Å². The summed E-state index contributed by atoms with van der Waals surface area (Å²) in [5.74, 6) is 1.06. The summed E-state index contributed by atoms with van der Waals surface area (Å²) in [4.78, 5) is 9.64. The predicted molar refractivity (Wildman–Crippen MR) is 82.0 cm³/mol. The van der Waals surface area contributed by atoms with Crippen LogP contribution in [0.4, 0.5) is 5.82 Å². The molecule has 3 heterocycles. The second kappa shape index (κ2) is 5.42. The molecule has 0 unspecified atom stereocenters. The number of nitrogens with two attached hydrogens (primary N) is 1. The summed E-state index contributed by atoms with van der Waals surface area (Å²) in [6.07, 6.45) is 2.04. The van der Waals surface area contributed by atoms with Crippen LogP contribution < -0.4 is 10.6 Å². The van der Waals surface area contributed by atoms with Crippen molar-refractivity contribution in [2.24, 2.45) is 5.73 Å². The SMILES string of the molecule is CC(C)N1CCN(c2nc3ccccn3c2CN)CC1. The van der Waals surface area contributed by atoms with Gasteiger partial charge in [0.2, 0.25) is 0 Å². The Labute approximate surface area is 120 Å². The van der Waals surface area contributed by atoms with Crippen LogP contribution >= 0.6 is 0 Å². The third kappa shape index (κ3) is 2.27. The van der Waals surface area contributed by atoms with Crippen LogP contribution in [0.3, 0.4) is 0 Å². The topological polar surface area (TPSA) is 49.8 Å². The van der Waals surface area contributed by atoms with E-state index in [9.17, 15) is 0 Å². The van der Waals surface area contributed by atoms with Crippen LogP contribution in [0.25, 0.3) is 5.65 Å². The Morgan fingerprint density at radius 3 is 2.60 bits per heavy atom. The molecule has 108 valence electrons. The van der Waals surface area contributed by atoms with Crippen molar-refractivity contribution in [2.45, 2.75) is 26.4 Å². The second-order valence-corrected chi connectivity index (χ2v) is 5.63. The van der Waals surface area contributed by atoms with E-state index in [0.717, 1.165) is 43.3 Å². The molecule has 0 amide bonds. The lowest BCUT2D eigenvalue weighted by atomic mass is 10.2. The number of rotatable bonds is 3. The lowest BCUT2D eigenvalue weighted by Crippen LogP contribution is -2.49. The zero-order valence-corrected chi connectivity index (χ0v) is 12.3. The molecule has 1 aliphatic rings. The van der Waals surface area contributed by atoms with Crippen molar-refractivity contribution in [3.8, 4) is 0 Å². The average molecular weight is 273 g/mol. The summed E-state index contributed by atoms with van der Waals surface area (Å²) in [6.45, 7) is 9.26.